The molecule has 4 rings (SSSR count). The molecule has 0 saturated carbocycles. The Morgan fingerprint density at radius 3 is 2.79 bits per heavy atom. The number of hydrogen-bond donors (Lipinski definition) is 2. The first kappa shape index (κ1) is 19.1. The Morgan fingerprint density at radius 2 is 2.00 bits per heavy atom. The van der Waals surface area contributed by atoms with Gasteiger partial charge in [0.25, 0.3) is 5.91 Å². The first-order valence-electron chi connectivity index (χ1n) is 9.53. The first-order chi connectivity index (χ1) is 13.7. The number of rotatable bonds is 6. The van der Waals surface area contributed by atoms with Crippen LogP contribution in [-0.2, 0) is 6.54 Å². The molecule has 1 aromatic heterocycles. The summed E-state index contributed by atoms with van der Waals surface area (Å²) < 4.78 is 14.3. The molecule has 146 valence electrons. The molecule has 0 spiro atoms. The van der Waals surface area contributed by atoms with Gasteiger partial charge in [0.1, 0.15) is 5.82 Å². The third kappa shape index (κ3) is 3.94. The molecule has 2 aromatic carbocycles. The van der Waals surface area contributed by atoms with E-state index in [-0.39, 0.29) is 30.8 Å². The molecule has 2 N–H and O–H groups in total. The van der Waals surface area contributed by atoms with Crippen molar-refractivity contribution in [1.82, 2.24) is 10.2 Å². The fourth-order valence-corrected chi connectivity index (χ4v) is 5.15. The summed E-state index contributed by atoms with van der Waals surface area (Å²) in [4.78, 5) is 15.8. The molecule has 1 atom stereocenters. The van der Waals surface area contributed by atoms with E-state index in [0.717, 1.165) is 52.1 Å². The third-order valence-electron chi connectivity index (χ3n) is 5.24. The number of aliphatic hydroxyl groups is 1. The molecule has 2 heterocycles. The number of benzene rings is 2. The number of carbonyl (C=O) groups excluding carboxylic acids is 1. The van der Waals surface area contributed by atoms with Crippen LogP contribution in [0.25, 0.3) is 10.1 Å². The van der Waals surface area contributed by atoms with Crippen LogP contribution in [0.15, 0.2) is 48.5 Å². The number of nitrogens with zero attached hydrogens (tertiary/aromatic N) is 1. The van der Waals surface area contributed by atoms with Gasteiger partial charge in [-0.15, -0.1) is 11.3 Å². The molecular formula is C22H23FN2O2S. The summed E-state index contributed by atoms with van der Waals surface area (Å²) in [6.07, 6.45) is 0.988. The zero-order chi connectivity index (χ0) is 19.5. The Balaban J connectivity index is 1.58. The van der Waals surface area contributed by atoms with E-state index in [1.54, 1.807) is 0 Å². The Bertz CT molecular complexity index is 970. The van der Waals surface area contributed by atoms with E-state index < -0.39 is 0 Å². The minimum Gasteiger partial charge on any atom is -0.395 e. The van der Waals surface area contributed by atoms with Crippen LogP contribution in [0.5, 0.6) is 0 Å². The van der Waals surface area contributed by atoms with Crippen molar-refractivity contribution in [3.63, 3.8) is 0 Å². The van der Waals surface area contributed by atoms with Crippen molar-refractivity contribution in [2.75, 3.05) is 26.2 Å². The Hall–Kier alpha value is -2.28. The number of likely N-dealkylation sites (tertiary alicyclic amines) is 1. The average Bonchev–Trinajstić information content (AvgIpc) is 3.32. The van der Waals surface area contributed by atoms with Gasteiger partial charge in [0.2, 0.25) is 0 Å². The highest BCUT2D eigenvalue weighted by Crippen LogP contribution is 2.40. The molecule has 1 fully saturated rings. The highest BCUT2D eigenvalue weighted by molar-refractivity contribution is 7.21. The summed E-state index contributed by atoms with van der Waals surface area (Å²) in [5.41, 5.74) is 2.22. The van der Waals surface area contributed by atoms with Gasteiger partial charge in [0.15, 0.2) is 0 Å². The van der Waals surface area contributed by atoms with Crippen LogP contribution in [0.2, 0.25) is 0 Å². The lowest BCUT2D eigenvalue weighted by atomic mass is 9.95. The van der Waals surface area contributed by atoms with Gasteiger partial charge in [0.05, 0.1) is 11.5 Å². The minimum atomic E-state index is -0.216. The van der Waals surface area contributed by atoms with Crippen LogP contribution in [0.4, 0.5) is 4.39 Å². The molecule has 0 bridgehead atoms. The Morgan fingerprint density at radius 1 is 1.21 bits per heavy atom. The van der Waals surface area contributed by atoms with Crippen LogP contribution in [0.1, 0.15) is 33.1 Å². The average molecular weight is 399 g/mol. The number of hydrogen-bond acceptors (Lipinski definition) is 4. The van der Waals surface area contributed by atoms with Gasteiger partial charge in [-0.2, -0.15) is 0 Å². The van der Waals surface area contributed by atoms with Crippen molar-refractivity contribution in [2.24, 2.45) is 0 Å². The van der Waals surface area contributed by atoms with Crippen LogP contribution in [0, 0.1) is 5.82 Å². The van der Waals surface area contributed by atoms with Crippen molar-refractivity contribution in [3.05, 3.63) is 70.4 Å². The molecule has 4 nitrogen and oxygen atoms in total. The van der Waals surface area contributed by atoms with Gasteiger partial charge >= 0.3 is 0 Å². The van der Waals surface area contributed by atoms with Crippen molar-refractivity contribution in [1.29, 1.82) is 0 Å². The van der Waals surface area contributed by atoms with E-state index in [9.17, 15) is 9.18 Å². The summed E-state index contributed by atoms with van der Waals surface area (Å²) >= 11 is 1.52. The fourth-order valence-electron chi connectivity index (χ4n) is 3.95. The van der Waals surface area contributed by atoms with E-state index in [4.69, 9.17) is 5.11 Å². The van der Waals surface area contributed by atoms with Gasteiger partial charge in [-0.1, -0.05) is 30.3 Å². The second kappa shape index (κ2) is 8.39. The molecule has 0 radical (unpaired) electrons. The predicted octanol–water partition coefficient (Wildman–Crippen LogP) is 3.75. The molecular weight excluding hydrogens is 375 g/mol. The summed E-state index contributed by atoms with van der Waals surface area (Å²) in [7, 11) is 0. The molecule has 6 heteroatoms. The van der Waals surface area contributed by atoms with Gasteiger partial charge in [-0.25, -0.2) is 4.39 Å². The molecule has 1 amide bonds. The third-order valence-corrected chi connectivity index (χ3v) is 6.42. The van der Waals surface area contributed by atoms with Crippen LogP contribution < -0.4 is 5.32 Å². The summed E-state index contributed by atoms with van der Waals surface area (Å²) in [5, 5.41) is 13.0. The highest BCUT2D eigenvalue weighted by Gasteiger charge is 2.30. The SMILES string of the molecule is O=C(NCCO)c1sc2ccccc2c1[C@H]1CCN(Cc2ccc(F)cc2)C1. The number of aliphatic hydroxyl groups excluding tert-OH is 1. The molecule has 0 unspecified atom stereocenters. The fraction of sp³-hybridized carbons (Fsp3) is 0.318. The molecule has 0 aliphatic carbocycles. The quantitative estimate of drug-likeness (QED) is 0.665. The molecule has 3 aromatic rings. The lowest BCUT2D eigenvalue weighted by molar-refractivity contribution is 0.0947. The highest BCUT2D eigenvalue weighted by atomic mass is 32.1. The first-order valence-corrected chi connectivity index (χ1v) is 10.3. The number of amides is 1. The predicted molar refractivity (Wildman–Crippen MR) is 110 cm³/mol. The van der Waals surface area contributed by atoms with Crippen molar-refractivity contribution in [3.8, 4) is 0 Å². The number of nitrogens with one attached hydrogen (secondary N) is 1. The normalized spacial score (nSPS) is 17.3. The van der Waals surface area contributed by atoms with Gasteiger partial charge in [-0.3, -0.25) is 9.69 Å². The Kier molecular flexibility index (Phi) is 5.71. The van der Waals surface area contributed by atoms with Crippen LogP contribution in [-0.4, -0.2) is 42.2 Å². The maximum Gasteiger partial charge on any atom is 0.261 e. The monoisotopic (exact) mass is 398 g/mol. The molecule has 28 heavy (non-hydrogen) atoms. The summed E-state index contributed by atoms with van der Waals surface area (Å²) in [6, 6.07) is 14.8. The van der Waals surface area contributed by atoms with E-state index in [1.165, 1.54) is 23.5 Å². The lowest BCUT2D eigenvalue weighted by Crippen LogP contribution is -2.27. The minimum absolute atomic E-state index is 0.0686. The van der Waals surface area contributed by atoms with Crippen molar-refractivity contribution < 1.29 is 14.3 Å². The maximum atomic E-state index is 13.1. The topological polar surface area (TPSA) is 52.6 Å². The lowest BCUT2D eigenvalue weighted by Gasteiger charge is -2.17. The van der Waals surface area contributed by atoms with Crippen molar-refractivity contribution in [2.45, 2.75) is 18.9 Å². The zero-order valence-corrected chi connectivity index (χ0v) is 16.3. The molecule has 1 aliphatic rings. The van der Waals surface area contributed by atoms with E-state index >= 15 is 0 Å². The van der Waals surface area contributed by atoms with Crippen molar-refractivity contribution >= 4 is 27.3 Å². The van der Waals surface area contributed by atoms with Gasteiger partial charge in [0, 0.05) is 30.3 Å². The smallest absolute Gasteiger partial charge is 0.261 e. The van der Waals surface area contributed by atoms with Gasteiger partial charge in [-0.05, 0) is 47.7 Å². The van der Waals surface area contributed by atoms with Crippen LogP contribution >= 0.6 is 11.3 Å². The van der Waals surface area contributed by atoms with E-state index in [1.807, 2.05) is 24.3 Å². The molecule has 1 aliphatic heterocycles. The number of carbonyl (C=O) groups is 1. The zero-order valence-electron chi connectivity index (χ0n) is 15.5. The van der Waals surface area contributed by atoms with Gasteiger partial charge < -0.3 is 10.4 Å². The van der Waals surface area contributed by atoms with Crippen LogP contribution in [0.3, 0.4) is 0 Å². The maximum absolute atomic E-state index is 13.1. The molecule has 1 saturated heterocycles. The largest absolute Gasteiger partial charge is 0.395 e. The van der Waals surface area contributed by atoms with E-state index in [2.05, 4.69) is 22.3 Å². The standard InChI is InChI=1S/C22H23FN2O2S/c23-17-7-5-15(6-8-17)13-25-11-9-16(14-25)20-18-3-1-2-4-19(18)28-21(20)22(27)24-10-12-26/h1-8,16,26H,9-14H2,(H,24,27)/t16-/m0/s1. The summed E-state index contributed by atoms with van der Waals surface area (Å²) in [5.74, 6) is -0.0416. The van der Waals surface area contributed by atoms with E-state index in [0.29, 0.717) is 0 Å². The number of halogens is 1. The Labute approximate surface area is 167 Å². The number of fused-ring (bicyclic) bond motifs is 1. The second-order valence-corrected chi connectivity index (χ2v) is 8.22. The summed E-state index contributed by atoms with van der Waals surface area (Å²) in [6.45, 7) is 2.79. The second-order valence-electron chi connectivity index (χ2n) is 7.17. The number of thiophene rings is 1.